The average Bonchev–Trinajstić information content (AvgIpc) is 3.32. The highest BCUT2D eigenvalue weighted by atomic mass is 79.9. The fourth-order valence-electron chi connectivity index (χ4n) is 3.66. The van der Waals surface area contributed by atoms with E-state index in [1.165, 1.54) is 17.7 Å². The van der Waals surface area contributed by atoms with Crippen molar-refractivity contribution in [2.45, 2.75) is 20.4 Å². The summed E-state index contributed by atoms with van der Waals surface area (Å²) >= 11 is 4.93. The molecule has 0 unspecified atom stereocenters. The number of aryl methyl sites for hydroxylation is 2. The maximum atomic E-state index is 13.2. The number of hydrogen-bond acceptors (Lipinski definition) is 7. The molecule has 5 rings (SSSR count). The number of carbonyl (C=O) groups is 1. The molecule has 3 N–H and O–H groups in total. The zero-order chi connectivity index (χ0) is 22.4. The zero-order valence-corrected chi connectivity index (χ0v) is 19.7. The Morgan fingerprint density at radius 1 is 1.22 bits per heavy atom. The first-order valence-electron chi connectivity index (χ1n) is 9.79. The predicted molar refractivity (Wildman–Crippen MR) is 130 cm³/mol. The van der Waals surface area contributed by atoms with Crippen LogP contribution in [0.15, 0.2) is 46.6 Å². The van der Waals surface area contributed by atoms with Gasteiger partial charge in [-0.1, -0.05) is 12.1 Å². The number of pyridine rings is 1. The minimum atomic E-state index is -0.259. The van der Waals surface area contributed by atoms with E-state index in [1.807, 2.05) is 48.9 Å². The van der Waals surface area contributed by atoms with Crippen LogP contribution in [0.5, 0.6) is 0 Å². The van der Waals surface area contributed by atoms with Crippen LogP contribution < -0.4 is 11.1 Å². The molecule has 0 spiro atoms. The van der Waals surface area contributed by atoms with E-state index in [9.17, 15) is 4.79 Å². The van der Waals surface area contributed by atoms with Crippen molar-refractivity contribution >= 4 is 65.8 Å². The summed E-state index contributed by atoms with van der Waals surface area (Å²) in [5.41, 5.74) is 11.3. The molecule has 4 heterocycles. The molecule has 0 saturated carbocycles. The highest BCUT2D eigenvalue weighted by molar-refractivity contribution is 9.10. The number of thiophene rings is 1. The Morgan fingerprint density at radius 3 is 2.88 bits per heavy atom. The molecular formula is C22H18BrN7OS. The number of aromatic nitrogens is 5. The normalized spacial score (nSPS) is 11.3. The summed E-state index contributed by atoms with van der Waals surface area (Å²) in [5, 5.41) is 10.3. The van der Waals surface area contributed by atoms with Crippen LogP contribution in [0.1, 0.15) is 27.3 Å². The Kier molecular flexibility index (Phi) is 5.10. The van der Waals surface area contributed by atoms with Gasteiger partial charge in [-0.05, 0) is 53.5 Å². The lowest BCUT2D eigenvalue weighted by Gasteiger charge is -2.11. The summed E-state index contributed by atoms with van der Waals surface area (Å²) in [6, 6.07) is 9.89. The predicted octanol–water partition coefficient (Wildman–Crippen LogP) is 4.70. The van der Waals surface area contributed by atoms with Gasteiger partial charge < -0.3 is 11.1 Å². The Labute approximate surface area is 195 Å². The molecule has 0 atom stereocenters. The second-order valence-electron chi connectivity index (χ2n) is 7.41. The van der Waals surface area contributed by atoms with E-state index < -0.39 is 0 Å². The maximum Gasteiger partial charge on any atom is 0.258 e. The van der Waals surface area contributed by atoms with Crippen molar-refractivity contribution in [1.29, 1.82) is 0 Å². The van der Waals surface area contributed by atoms with Gasteiger partial charge in [0.15, 0.2) is 0 Å². The third kappa shape index (κ3) is 3.51. The number of halogens is 1. The van der Waals surface area contributed by atoms with E-state index in [-0.39, 0.29) is 5.91 Å². The third-order valence-electron chi connectivity index (χ3n) is 5.21. The number of carbonyl (C=O) groups excluding carboxylic acids is 1. The van der Waals surface area contributed by atoms with Gasteiger partial charge in [0.05, 0.1) is 44.6 Å². The van der Waals surface area contributed by atoms with Gasteiger partial charge in [-0.2, -0.15) is 5.10 Å². The molecule has 0 bridgehead atoms. The van der Waals surface area contributed by atoms with Gasteiger partial charge in [-0.3, -0.25) is 14.5 Å². The first-order chi connectivity index (χ1) is 15.4. The molecule has 1 aromatic carbocycles. The van der Waals surface area contributed by atoms with Crippen molar-refractivity contribution in [3.05, 3.63) is 69.2 Å². The number of nitrogens with one attached hydrogen (secondary N) is 1. The van der Waals surface area contributed by atoms with E-state index in [1.54, 1.807) is 5.38 Å². The summed E-state index contributed by atoms with van der Waals surface area (Å²) < 4.78 is 3.23. The second kappa shape index (κ2) is 7.95. The molecule has 0 aliphatic carbocycles. The number of benzene rings is 1. The van der Waals surface area contributed by atoms with E-state index in [0.29, 0.717) is 38.4 Å². The lowest BCUT2D eigenvalue weighted by atomic mass is 10.1. The second-order valence-corrected chi connectivity index (χ2v) is 9.04. The molecular weight excluding hydrogens is 490 g/mol. The molecule has 0 aliphatic rings. The minimum absolute atomic E-state index is 0.259. The van der Waals surface area contributed by atoms with Crippen molar-refractivity contribution in [2.24, 2.45) is 0 Å². The summed E-state index contributed by atoms with van der Waals surface area (Å²) in [4.78, 5) is 26.0. The number of nitrogen functional groups attached to an aromatic ring is 1. The van der Waals surface area contributed by atoms with Crippen LogP contribution in [-0.4, -0.2) is 30.6 Å². The molecule has 4 aromatic heterocycles. The summed E-state index contributed by atoms with van der Waals surface area (Å²) in [5.74, 6) is 0.107. The molecule has 0 radical (unpaired) electrons. The number of fused-ring (bicyclic) bond motifs is 2. The fourth-order valence-corrected chi connectivity index (χ4v) is 5.16. The van der Waals surface area contributed by atoms with Crippen molar-refractivity contribution in [3.63, 3.8) is 0 Å². The van der Waals surface area contributed by atoms with Crippen LogP contribution >= 0.6 is 27.3 Å². The molecule has 5 aromatic rings. The molecule has 0 fully saturated rings. The van der Waals surface area contributed by atoms with Crippen molar-refractivity contribution in [2.75, 3.05) is 11.1 Å². The van der Waals surface area contributed by atoms with E-state index in [4.69, 9.17) is 5.73 Å². The molecule has 32 heavy (non-hydrogen) atoms. The fraction of sp³-hybridized carbons (Fsp3) is 0.136. The van der Waals surface area contributed by atoms with Gasteiger partial charge >= 0.3 is 0 Å². The van der Waals surface area contributed by atoms with Crippen molar-refractivity contribution in [3.8, 4) is 0 Å². The van der Waals surface area contributed by atoms with Gasteiger partial charge in [0.25, 0.3) is 5.91 Å². The van der Waals surface area contributed by atoms with Crippen LogP contribution in [0.3, 0.4) is 0 Å². The van der Waals surface area contributed by atoms with Crippen LogP contribution in [-0.2, 0) is 6.54 Å². The first kappa shape index (κ1) is 20.5. The quantitative estimate of drug-likeness (QED) is 0.364. The van der Waals surface area contributed by atoms with Gasteiger partial charge in [0, 0.05) is 11.1 Å². The van der Waals surface area contributed by atoms with E-state index in [0.717, 1.165) is 27.9 Å². The van der Waals surface area contributed by atoms with E-state index >= 15 is 0 Å². The standard InChI is InChI=1S/C22H18BrN7OS/c1-11-6-7-15-16(20(23)29-30(15)8-13-5-3-4-12(2)27-13)17(11)28-22(31)14-9-32-19-18(14)25-10-26-21(19)24/h3-7,9-10H,8H2,1-2H3,(H,28,31)(H2,24,25,26). The lowest BCUT2D eigenvalue weighted by molar-refractivity contribution is 0.102. The molecule has 0 saturated heterocycles. The van der Waals surface area contributed by atoms with Gasteiger partial charge in [-0.25, -0.2) is 9.97 Å². The van der Waals surface area contributed by atoms with Crippen LogP contribution in [0.2, 0.25) is 0 Å². The van der Waals surface area contributed by atoms with Crippen LogP contribution in [0, 0.1) is 13.8 Å². The number of nitrogens with zero attached hydrogens (tertiary/aromatic N) is 5. The molecule has 0 aliphatic heterocycles. The SMILES string of the molecule is Cc1cccc(Cn2nc(Br)c3c(NC(=O)c4csc5c(N)ncnc45)c(C)ccc32)n1. The summed E-state index contributed by atoms with van der Waals surface area (Å²) in [6.45, 7) is 4.43. The maximum absolute atomic E-state index is 13.2. The Morgan fingerprint density at radius 2 is 2.06 bits per heavy atom. The highest BCUT2D eigenvalue weighted by Gasteiger charge is 2.20. The largest absolute Gasteiger partial charge is 0.382 e. The van der Waals surface area contributed by atoms with Crippen molar-refractivity contribution < 1.29 is 4.79 Å². The smallest absolute Gasteiger partial charge is 0.258 e. The lowest BCUT2D eigenvalue weighted by Crippen LogP contribution is -2.13. The van der Waals surface area contributed by atoms with E-state index in [2.05, 4.69) is 41.3 Å². The number of nitrogens with two attached hydrogens (primary N) is 1. The summed E-state index contributed by atoms with van der Waals surface area (Å²) in [6.07, 6.45) is 1.37. The van der Waals surface area contributed by atoms with Crippen LogP contribution in [0.4, 0.5) is 11.5 Å². The molecule has 8 nitrogen and oxygen atoms in total. The van der Waals surface area contributed by atoms with Gasteiger partial charge in [-0.15, -0.1) is 11.3 Å². The zero-order valence-electron chi connectivity index (χ0n) is 17.3. The Hall–Kier alpha value is -3.37. The number of anilines is 2. The van der Waals surface area contributed by atoms with Gasteiger partial charge in [0.2, 0.25) is 0 Å². The number of rotatable bonds is 4. The molecule has 1 amide bonds. The topological polar surface area (TPSA) is 112 Å². The number of hydrogen-bond donors (Lipinski definition) is 2. The van der Waals surface area contributed by atoms with Gasteiger partial charge in [0.1, 0.15) is 16.7 Å². The Bertz CT molecular complexity index is 1510. The third-order valence-corrected chi connectivity index (χ3v) is 6.75. The summed E-state index contributed by atoms with van der Waals surface area (Å²) in [7, 11) is 0. The highest BCUT2D eigenvalue weighted by Crippen LogP contribution is 2.35. The average molecular weight is 508 g/mol. The first-order valence-corrected chi connectivity index (χ1v) is 11.5. The van der Waals surface area contributed by atoms with Crippen LogP contribution in [0.25, 0.3) is 21.1 Å². The number of amides is 1. The minimum Gasteiger partial charge on any atom is -0.382 e. The molecule has 10 heteroatoms. The molecule has 160 valence electrons. The Balaban J connectivity index is 1.55. The van der Waals surface area contributed by atoms with Crippen molar-refractivity contribution in [1.82, 2.24) is 24.7 Å². The monoisotopic (exact) mass is 507 g/mol.